The van der Waals surface area contributed by atoms with Crippen molar-refractivity contribution in [1.82, 2.24) is 31.5 Å². The van der Waals surface area contributed by atoms with E-state index in [-0.39, 0.29) is 45.3 Å². The molecular weight excluding hydrogens is 740 g/mol. The number of aliphatic carboxylic acids is 2. The van der Waals surface area contributed by atoms with Crippen LogP contribution in [-0.2, 0) is 38.4 Å². The number of nitrogens with zero attached hydrogens (tertiary/aromatic N) is 1. The summed E-state index contributed by atoms with van der Waals surface area (Å²) >= 11 is 0. The predicted molar refractivity (Wildman–Crippen MR) is 200 cm³/mol. The van der Waals surface area contributed by atoms with Crippen LogP contribution >= 0.6 is 0 Å². The zero-order valence-electron chi connectivity index (χ0n) is 32.0. The van der Waals surface area contributed by atoms with Crippen LogP contribution in [0.1, 0.15) is 84.0 Å². The first-order chi connectivity index (χ1) is 26.5. The van der Waals surface area contributed by atoms with Crippen LogP contribution in [-0.4, -0.2) is 154 Å². The summed E-state index contributed by atoms with van der Waals surface area (Å²) in [6.07, 6.45) is 1.11. The Morgan fingerprint density at radius 2 is 1.16 bits per heavy atom. The maximum absolute atomic E-state index is 13.9. The Morgan fingerprint density at radius 1 is 0.679 bits per heavy atom. The Labute approximate surface area is 325 Å². The van der Waals surface area contributed by atoms with E-state index in [1.165, 1.54) is 6.92 Å². The lowest BCUT2D eigenvalue weighted by molar-refractivity contribution is -0.145. The van der Waals surface area contributed by atoms with E-state index in [9.17, 15) is 58.8 Å². The average molecular weight is 803 g/mol. The molecule has 8 atom stereocenters. The van der Waals surface area contributed by atoms with Crippen molar-refractivity contribution < 1.29 is 58.8 Å². The van der Waals surface area contributed by atoms with Crippen LogP contribution in [0.2, 0.25) is 0 Å². The number of aliphatic hydroxyl groups is 2. The fourth-order valence-electron chi connectivity index (χ4n) is 5.95. The number of carbonyl (C=O) groups is 8. The van der Waals surface area contributed by atoms with E-state index in [1.807, 2.05) is 0 Å². The van der Waals surface area contributed by atoms with Crippen molar-refractivity contribution in [2.75, 3.05) is 32.8 Å². The Bertz CT molecular complexity index is 1320. The fraction of sp³-hybridized carbons (Fsp3) is 0.765. The van der Waals surface area contributed by atoms with Gasteiger partial charge in [0, 0.05) is 6.54 Å². The SMILES string of the molecule is C[C@@H](O)[C@H](NC(=O)[C@H](CCCCN)NC(=O)[C@H](CC(=O)O)NC(=O)[C@@H](N)CCCCN)C(=O)N1CCC[C@H]1C(=O)N[C@@H](CCCCN)C(=O)N[C@@H](CO)C(=O)O. The topological polar surface area (TPSA) is 385 Å². The number of hydrogen-bond donors (Lipinski definition) is 13. The number of nitrogens with two attached hydrogens (primary N) is 4. The first kappa shape index (κ1) is 49.5. The van der Waals surface area contributed by atoms with Gasteiger partial charge in [-0.15, -0.1) is 0 Å². The molecule has 22 heteroatoms. The van der Waals surface area contributed by atoms with E-state index < -0.39 is 109 Å². The van der Waals surface area contributed by atoms with Crippen LogP contribution in [0.3, 0.4) is 0 Å². The van der Waals surface area contributed by atoms with Crippen molar-refractivity contribution in [3.63, 3.8) is 0 Å². The second kappa shape index (κ2) is 26.4. The molecule has 1 aliphatic rings. The lowest BCUT2D eigenvalue weighted by Crippen LogP contribution is -2.61. The van der Waals surface area contributed by atoms with Gasteiger partial charge in [0.25, 0.3) is 0 Å². The summed E-state index contributed by atoms with van der Waals surface area (Å²) in [5.41, 5.74) is 22.5. The van der Waals surface area contributed by atoms with Gasteiger partial charge >= 0.3 is 11.9 Å². The van der Waals surface area contributed by atoms with Crippen LogP contribution in [0.4, 0.5) is 0 Å². The molecule has 6 amide bonds. The van der Waals surface area contributed by atoms with E-state index in [0.717, 1.165) is 4.90 Å². The minimum atomic E-state index is -1.63. The molecule has 1 aliphatic heterocycles. The summed E-state index contributed by atoms with van der Waals surface area (Å²) < 4.78 is 0. The number of carbonyl (C=O) groups excluding carboxylic acids is 6. The van der Waals surface area contributed by atoms with E-state index in [2.05, 4.69) is 26.6 Å². The molecule has 0 aromatic heterocycles. The maximum atomic E-state index is 13.9. The smallest absolute Gasteiger partial charge is 0.328 e. The maximum Gasteiger partial charge on any atom is 0.328 e. The predicted octanol–water partition coefficient (Wildman–Crippen LogP) is -4.95. The molecular formula is C34H62N10O12. The fourth-order valence-corrected chi connectivity index (χ4v) is 5.95. The Balaban J connectivity index is 3.23. The molecule has 1 heterocycles. The third kappa shape index (κ3) is 17.1. The number of carboxylic acids is 2. The summed E-state index contributed by atoms with van der Waals surface area (Å²) in [5.74, 6) is -8.13. The molecule has 17 N–H and O–H groups in total. The van der Waals surface area contributed by atoms with Gasteiger partial charge in [-0.1, -0.05) is 6.42 Å². The zero-order chi connectivity index (χ0) is 42.4. The molecule has 0 aliphatic carbocycles. The number of unbranched alkanes of at least 4 members (excludes halogenated alkanes) is 3. The molecule has 0 aromatic rings. The number of carboxylic acid groups (broad SMARTS) is 2. The number of aliphatic hydroxyl groups excluding tert-OH is 2. The Kier molecular flexibility index (Phi) is 23.3. The highest BCUT2D eigenvalue weighted by Gasteiger charge is 2.41. The second-order valence-corrected chi connectivity index (χ2v) is 13.7. The lowest BCUT2D eigenvalue weighted by atomic mass is 10.0. The van der Waals surface area contributed by atoms with E-state index >= 15 is 0 Å². The van der Waals surface area contributed by atoms with Crippen molar-refractivity contribution in [2.24, 2.45) is 22.9 Å². The summed E-state index contributed by atoms with van der Waals surface area (Å²) in [6.45, 7) is 1.27. The molecule has 1 fully saturated rings. The van der Waals surface area contributed by atoms with E-state index in [4.69, 9.17) is 22.9 Å². The third-order valence-electron chi connectivity index (χ3n) is 9.16. The molecule has 0 spiro atoms. The van der Waals surface area contributed by atoms with Crippen LogP contribution in [0.25, 0.3) is 0 Å². The summed E-state index contributed by atoms with van der Waals surface area (Å²) in [4.78, 5) is 104. The lowest BCUT2D eigenvalue weighted by Gasteiger charge is -2.32. The quantitative estimate of drug-likeness (QED) is 0.0330. The number of rotatable bonds is 28. The van der Waals surface area contributed by atoms with Gasteiger partial charge < -0.3 is 74.8 Å². The molecule has 1 rings (SSSR count). The second-order valence-electron chi connectivity index (χ2n) is 13.7. The summed E-state index contributed by atoms with van der Waals surface area (Å²) in [5, 5.41) is 50.6. The minimum Gasteiger partial charge on any atom is -0.481 e. The van der Waals surface area contributed by atoms with E-state index in [1.54, 1.807) is 0 Å². The molecule has 0 radical (unpaired) electrons. The minimum absolute atomic E-state index is 0.0246. The summed E-state index contributed by atoms with van der Waals surface area (Å²) in [6, 6.07) is -9.71. The van der Waals surface area contributed by atoms with Gasteiger partial charge in [0.1, 0.15) is 36.3 Å². The molecule has 22 nitrogen and oxygen atoms in total. The van der Waals surface area contributed by atoms with Gasteiger partial charge in [0.2, 0.25) is 35.4 Å². The van der Waals surface area contributed by atoms with Gasteiger partial charge in [-0.05, 0) is 90.8 Å². The summed E-state index contributed by atoms with van der Waals surface area (Å²) in [7, 11) is 0. The largest absolute Gasteiger partial charge is 0.481 e. The van der Waals surface area contributed by atoms with Crippen LogP contribution < -0.4 is 49.5 Å². The molecule has 0 saturated carbocycles. The Morgan fingerprint density at radius 3 is 1.66 bits per heavy atom. The van der Waals surface area contributed by atoms with Crippen LogP contribution in [0.15, 0.2) is 0 Å². The highest BCUT2D eigenvalue weighted by atomic mass is 16.4. The van der Waals surface area contributed by atoms with Crippen molar-refractivity contribution in [3.8, 4) is 0 Å². The van der Waals surface area contributed by atoms with Gasteiger partial charge in [0.15, 0.2) is 0 Å². The highest BCUT2D eigenvalue weighted by Crippen LogP contribution is 2.20. The standard InChI is InChI=1S/C34H62N10O12/c1-19(46)27(33(54)44-16-8-12-25(44)32(53)40-21(10-3-6-14-36)29(50)42-24(18-45)34(55)56)43-30(51)22(11-4-7-15-37)39-31(52)23(17-26(47)48)41-28(49)20(38)9-2-5-13-35/h19-25,27,45-46H,2-18,35-38H2,1H3,(H,39,52)(H,40,53)(H,41,49)(H,42,50)(H,43,51)(H,47,48)(H,55,56)/t19-,20+,21+,22+,23+,24+,25+,27+/m1/s1. The van der Waals surface area contributed by atoms with Gasteiger partial charge in [-0.25, -0.2) is 4.79 Å². The third-order valence-corrected chi connectivity index (χ3v) is 9.16. The monoisotopic (exact) mass is 802 g/mol. The number of hydrogen-bond acceptors (Lipinski definition) is 14. The molecule has 0 bridgehead atoms. The molecule has 320 valence electrons. The molecule has 0 unspecified atom stereocenters. The van der Waals surface area contributed by atoms with Crippen molar-refractivity contribution in [2.45, 2.75) is 132 Å². The van der Waals surface area contributed by atoms with Crippen LogP contribution in [0.5, 0.6) is 0 Å². The zero-order valence-corrected chi connectivity index (χ0v) is 32.0. The van der Waals surface area contributed by atoms with Gasteiger partial charge in [0.05, 0.1) is 25.2 Å². The van der Waals surface area contributed by atoms with Crippen molar-refractivity contribution in [1.29, 1.82) is 0 Å². The van der Waals surface area contributed by atoms with E-state index in [0.29, 0.717) is 51.5 Å². The highest BCUT2D eigenvalue weighted by molar-refractivity contribution is 5.98. The Hall–Kier alpha value is -4.48. The van der Waals surface area contributed by atoms with Crippen LogP contribution in [0, 0.1) is 0 Å². The van der Waals surface area contributed by atoms with Gasteiger partial charge in [-0.3, -0.25) is 33.6 Å². The number of likely N-dealkylation sites (tertiary alicyclic amines) is 1. The molecule has 56 heavy (non-hydrogen) atoms. The van der Waals surface area contributed by atoms with Crippen molar-refractivity contribution in [3.05, 3.63) is 0 Å². The van der Waals surface area contributed by atoms with Gasteiger partial charge in [-0.2, -0.15) is 0 Å². The number of amides is 6. The van der Waals surface area contributed by atoms with Crippen molar-refractivity contribution >= 4 is 47.4 Å². The normalized spacial score (nSPS) is 17.6. The first-order valence-corrected chi connectivity index (χ1v) is 18.9. The molecule has 1 saturated heterocycles. The number of nitrogens with one attached hydrogen (secondary N) is 5. The average Bonchev–Trinajstić information content (AvgIpc) is 3.64. The first-order valence-electron chi connectivity index (χ1n) is 18.9. The molecule has 0 aromatic carbocycles.